The predicted molar refractivity (Wildman–Crippen MR) is 143 cm³/mol. The van der Waals surface area contributed by atoms with Gasteiger partial charge in [-0.2, -0.15) is 0 Å². The summed E-state index contributed by atoms with van der Waals surface area (Å²) in [5, 5.41) is 12.5. The van der Waals surface area contributed by atoms with E-state index in [2.05, 4.69) is 5.32 Å². The highest BCUT2D eigenvalue weighted by molar-refractivity contribution is 6.30. The van der Waals surface area contributed by atoms with E-state index in [9.17, 15) is 23.9 Å². The number of halogens is 2. The van der Waals surface area contributed by atoms with Crippen LogP contribution in [-0.2, 0) is 18.7 Å². The minimum absolute atomic E-state index is 0.00721. The molecule has 0 saturated heterocycles. The SMILES string of the molecule is CC(C)N1C[C@]2(C[C@H]2CO)n2cc(C(=O)NCc3cccc(Cl)c3F)c(=O)c(OCc3ccccc3)c2C1=O. The topological polar surface area (TPSA) is 101 Å². The van der Waals surface area contributed by atoms with E-state index in [1.165, 1.54) is 18.3 Å². The Balaban J connectivity index is 1.59. The first-order chi connectivity index (χ1) is 18.7. The Morgan fingerprint density at radius 1 is 1.21 bits per heavy atom. The second-order valence-corrected chi connectivity index (χ2v) is 10.7. The fourth-order valence-electron chi connectivity index (χ4n) is 5.21. The van der Waals surface area contributed by atoms with Gasteiger partial charge in [-0.1, -0.05) is 54.1 Å². The highest BCUT2D eigenvalue weighted by atomic mass is 35.5. The van der Waals surface area contributed by atoms with Crippen molar-refractivity contribution < 1.29 is 23.8 Å². The van der Waals surface area contributed by atoms with Crippen molar-refractivity contribution in [1.29, 1.82) is 0 Å². The summed E-state index contributed by atoms with van der Waals surface area (Å²) < 4.78 is 22.0. The van der Waals surface area contributed by atoms with Crippen molar-refractivity contribution in [3.63, 3.8) is 0 Å². The normalized spacial score (nSPS) is 19.8. The summed E-state index contributed by atoms with van der Waals surface area (Å²) in [6.45, 7) is 3.80. The first-order valence-electron chi connectivity index (χ1n) is 12.8. The first kappa shape index (κ1) is 26.9. The van der Waals surface area contributed by atoms with Crippen LogP contribution >= 0.6 is 11.6 Å². The third kappa shape index (κ3) is 4.81. The fraction of sp³-hybridized carbons (Fsp3) is 0.345. The molecule has 1 aromatic heterocycles. The van der Waals surface area contributed by atoms with Crippen LogP contribution in [0.1, 0.15) is 52.2 Å². The van der Waals surface area contributed by atoms with E-state index in [0.717, 1.165) is 5.56 Å². The summed E-state index contributed by atoms with van der Waals surface area (Å²) in [7, 11) is 0. The van der Waals surface area contributed by atoms with Gasteiger partial charge in [0, 0.05) is 43.4 Å². The van der Waals surface area contributed by atoms with Crippen LogP contribution in [0.2, 0.25) is 5.02 Å². The van der Waals surface area contributed by atoms with Crippen molar-refractivity contribution in [3.05, 3.63) is 98.2 Å². The predicted octanol–water partition coefficient (Wildman–Crippen LogP) is 3.72. The average Bonchev–Trinajstić information content (AvgIpc) is 3.64. The number of pyridine rings is 1. The summed E-state index contributed by atoms with van der Waals surface area (Å²) in [4.78, 5) is 42.4. The summed E-state index contributed by atoms with van der Waals surface area (Å²) in [5.74, 6) is -2.16. The molecule has 1 spiro atoms. The molecule has 204 valence electrons. The van der Waals surface area contributed by atoms with E-state index in [0.29, 0.717) is 13.0 Å². The number of aliphatic hydroxyl groups excluding tert-OH is 1. The molecular formula is C29H29ClFN3O5. The van der Waals surface area contributed by atoms with Gasteiger partial charge in [-0.05, 0) is 31.9 Å². The number of carbonyl (C=O) groups excluding carboxylic acids is 2. The zero-order chi connectivity index (χ0) is 27.9. The lowest BCUT2D eigenvalue weighted by atomic mass is 10.0. The van der Waals surface area contributed by atoms with Gasteiger partial charge in [0.1, 0.15) is 18.0 Å². The number of fused-ring (bicyclic) bond motifs is 2. The fourth-order valence-corrected chi connectivity index (χ4v) is 5.41. The molecule has 1 saturated carbocycles. The number of nitrogens with zero attached hydrogens (tertiary/aromatic N) is 2. The number of aliphatic hydroxyl groups is 1. The quantitative estimate of drug-likeness (QED) is 0.443. The van der Waals surface area contributed by atoms with Crippen LogP contribution in [0.25, 0.3) is 0 Å². The number of hydrogen-bond donors (Lipinski definition) is 2. The lowest BCUT2D eigenvalue weighted by molar-refractivity contribution is 0.0548. The Hall–Kier alpha value is -3.69. The van der Waals surface area contributed by atoms with Gasteiger partial charge in [0.25, 0.3) is 11.8 Å². The molecule has 8 nitrogen and oxygen atoms in total. The molecule has 2 amide bonds. The van der Waals surface area contributed by atoms with Gasteiger partial charge in [0.2, 0.25) is 5.43 Å². The van der Waals surface area contributed by atoms with Gasteiger partial charge in [-0.25, -0.2) is 4.39 Å². The molecule has 3 aromatic rings. The molecule has 5 rings (SSSR count). The van der Waals surface area contributed by atoms with Crippen LogP contribution in [0.4, 0.5) is 4.39 Å². The maximum atomic E-state index is 14.4. The largest absolute Gasteiger partial charge is 0.483 e. The Labute approximate surface area is 230 Å². The molecule has 2 atom stereocenters. The number of hydrogen-bond acceptors (Lipinski definition) is 5. The minimum atomic E-state index is -0.741. The molecule has 0 radical (unpaired) electrons. The van der Waals surface area contributed by atoms with Gasteiger partial charge in [-0.3, -0.25) is 14.4 Å². The van der Waals surface area contributed by atoms with E-state index in [1.807, 2.05) is 44.2 Å². The summed E-state index contributed by atoms with van der Waals surface area (Å²) in [6.07, 6.45) is 1.95. The van der Waals surface area contributed by atoms with Gasteiger partial charge in [0.15, 0.2) is 11.4 Å². The molecule has 10 heteroatoms. The van der Waals surface area contributed by atoms with Gasteiger partial charge >= 0.3 is 0 Å². The third-order valence-electron chi connectivity index (χ3n) is 7.54. The van der Waals surface area contributed by atoms with Crippen molar-refractivity contribution in [1.82, 2.24) is 14.8 Å². The van der Waals surface area contributed by atoms with E-state index in [4.69, 9.17) is 16.3 Å². The molecule has 2 aliphatic rings. The summed E-state index contributed by atoms with van der Waals surface area (Å²) in [5.41, 5.74) is -0.648. The van der Waals surface area contributed by atoms with E-state index in [1.54, 1.807) is 15.5 Å². The molecule has 2 aromatic carbocycles. The monoisotopic (exact) mass is 553 g/mol. The third-order valence-corrected chi connectivity index (χ3v) is 7.83. The van der Waals surface area contributed by atoms with Crippen molar-refractivity contribution in [2.75, 3.05) is 13.2 Å². The number of aromatic nitrogens is 1. The highest BCUT2D eigenvalue weighted by Crippen LogP contribution is 2.54. The van der Waals surface area contributed by atoms with Crippen LogP contribution in [0.5, 0.6) is 5.75 Å². The van der Waals surface area contributed by atoms with E-state index >= 15 is 0 Å². The standard InChI is InChI=1S/C29H29ClFN3O5/c1-17(2)33-16-29(11-20(29)14-35)34-13-21(27(37)32-12-19-9-6-10-22(30)23(19)31)25(36)26(24(34)28(33)38)39-15-18-7-4-3-5-8-18/h3-10,13,17,20,35H,11-12,14-16H2,1-2H3,(H,32,37)/t20-,29-/m0/s1. The lowest BCUT2D eigenvalue weighted by Crippen LogP contribution is -2.52. The Kier molecular flexibility index (Phi) is 7.22. The smallest absolute Gasteiger partial charge is 0.274 e. The molecule has 1 aliphatic heterocycles. The van der Waals surface area contributed by atoms with Gasteiger partial charge in [0.05, 0.1) is 10.6 Å². The van der Waals surface area contributed by atoms with E-state index in [-0.39, 0.29) is 65.2 Å². The van der Waals surface area contributed by atoms with Crippen molar-refractivity contribution in [2.24, 2.45) is 5.92 Å². The number of amides is 2. The molecule has 1 aliphatic carbocycles. The minimum Gasteiger partial charge on any atom is -0.483 e. The zero-order valence-corrected chi connectivity index (χ0v) is 22.4. The summed E-state index contributed by atoms with van der Waals surface area (Å²) in [6, 6.07) is 13.5. The number of rotatable bonds is 8. The van der Waals surface area contributed by atoms with Crippen LogP contribution in [0.15, 0.2) is 59.5 Å². The number of nitrogens with one attached hydrogen (secondary N) is 1. The second kappa shape index (κ2) is 10.5. The molecule has 2 heterocycles. The molecular weight excluding hydrogens is 525 g/mol. The van der Waals surface area contributed by atoms with Gasteiger partial charge < -0.3 is 24.6 Å². The lowest BCUT2D eigenvalue weighted by Gasteiger charge is -2.40. The maximum Gasteiger partial charge on any atom is 0.274 e. The molecule has 2 N–H and O–H groups in total. The maximum absolute atomic E-state index is 14.4. The van der Waals surface area contributed by atoms with Crippen LogP contribution in [0.3, 0.4) is 0 Å². The van der Waals surface area contributed by atoms with Gasteiger partial charge in [-0.15, -0.1) is 0 Å². The molecule has 1 fully saturated rings. The summed E-state index contributed by atoms with van der Waals surface area (Å²) >= 11 is 5.86. The number of benzene rings is 2. The van der Waals surface area contributed by atoms with Crippen molar-refractivity contribution in [3.8, 4) is 5.75 Å². The zero-order valence-electron chi connectivity index (χ0n) is 21.6. The molecule has 0 unspecified atom stereocenters. The van der Waals surface area contributed by atoms with Crippen LogP contribution in [-0.4, -0.2) is 45.6 Å². The first-order valence-corrected chi connectivity index (χ1v) is 13.2. The van der Waals surface area contributed by atoms with Crippen molar-refractivity contribution in [2.45, 2.75) is 45.0 Å². The Morgan fingerprint density at radius 3 is 2.62 bits per heavy atom. The average molecular weight is 554 g/mol. The van der Waals surface area contributed by atoms with Crippen LogP contribution < -0.4 is 15.5 Å². The number of carbonyl (C=O) groups is 2. The Bertz CT molecular complexity index is 1490. The Morgan fingerprint density at radius 2 is 1.95 bits per heavy atom. The molecule has 39 heavy (non-hydrogen) atoms. The van der Waals surface area contributed by atoms with Crippen LogP contribution in [0, 0.1) is 11.7 Å². The second-order valence-electron chi connectivity index (χ2n) is 10.3. The number of ether oxygens (including phenoxy) is 1. The highest BCUT2D eigenvalue weighted by Gasteiger charge is 2.60. The molecule has 0 bridgehead atoms. The van der Waals surface area contributed by atoms with E-state index < -0.39 is 22.7 Å². The van der Waals surface area contributed by atoms with Crippen molar-refractivity contribution >= 4 is 23.4 Å².